The van der Waals surface area contributed by atoms with E-state index in [1.54, 1.807) is 0 Å². The van der Waals surface area contributed by atoms with Crippen LogP contribution in [0.2, 0.25) is 0 Å². The second-order valence-corrected chi connectivity index (χ2v) is 6.37. The number of nitrogens with zero attached hydrogens (tertiary/aromatic N) is 1. The molecule has 1 aromatic heterocycles. The Morgan fingerprint density at radius 3 is 2.07 bits per heavy atom. The van der Waals surface area contributed by atoms with Crippen molar-refractivity contribution in [2.75, 3.05) is 0 Å². The van der Waals surface area contributed by atoms with Crippen LogP contribution in [-0.2, 0) is 26.2 Å². The Kier molecular flexibility index (Phi) is 9.83. The molecule has 0 aliphatic rings. The van der Waals surface area contributed by atoms with Gasteiger partial charge < -0.3 is 38.5 Å². The second kappa shape index (κ2) is 11.1. The molecular weight excluding hydrogens is 553 g/mol. The number of halogens is 2. The number of rotatable bonds is 1. The van der Waals surface area contributed by atoms with Crippen LogP contribution in [0.25, 0.3) is 27.4 Å². The van der Waals surface area contributed by atoms with Crippen LogP contribution in [0.3, 0.4) is 0 Å². The van der Waals surface area contributed by atoms with Crippen LogP contribution in [0.4, 0.5) is 0 Å². The number of hydrogen-bond acceptors (Lipinski definition) is 0. The minimum atomic E-state index is 0. The molecule has 0 amide bonds. The normalized spacial score (nSPS) is 9.64. The van der Waals surface area contributed by atoms with E-state index < -0.39 is 0 Å². The third-order valence-corrected chi connectivity index (χ3v) is 4.84. The van der Waals surface area contributed by atoms with Crippen molar-refractivity contribution >= 4 is 21.7 Å². The number of aryl methyl sites for hydroxylation is 1. The fraction of sp³-hybridized carbons (Fsp3) is 0.0833. The summed E-state index contributed by atoms with van der Waals surface area (Å²) in [5.41, 5.74) is 5.23. The van der Waals surface area contributed by atoms with Crippen LogP contribution in [0.1, 0.15) is 11.3 Å². The van der Waals surface area contributed by atoms with Crippen LogP contribution in [0, 0.1) is 13.8 Å². The van der Waals surface area contributed by atoms with Gasteiger partial charge in [-0.1, -0.05) is 24.3 Å². The minimum absolute atomic E-state index is 0. The molecule has 0 bridgehead atoms. The molecule has 0 aliphatic carbocycles. The molecule has 4 aromatic carbocycles. The van der Waals surface area contributed by atoms with Gasteiger partial charge in [-0.15, -0.1) is 41.1 Å². The number of benzene rings is 2. The smallest absolute Gasteiger partial charge is 1.00 e. The molecule has 5 aromatic rings. The first-order valence-corrected chi connectivity index (χ1v) is 8.65. The van der Waals surface area contributed by atoms with Gasteiger partial charge in [0.15, 0.2) is 0 Å². The van der Waals surface area contributed by atoms with Gasteiger partial charge in [0.2, 0.25) is 0 Å². The maximum Gasteiger partial charge on any atom is 4.00 e. The van der Waals surface area contributed by atoms with E-state index in [1.807, 2.05) is 30.3 Å². The molecule has 0 N–H and O–H groups in total. The summed E-state index contributed by atoms with van der Waals surface area (Å²) in [5.74, 6) is 0. The second-order valence-electron chi connectivity index (χ2n) is 6.37. The molecule has 0 radical (unpaired) electrons. The Labute approximate surface area is 206 Å². The summed E-state index contributed by atoms with van der Waals surface area (Å²) in [5, 5.41) is 3.95. The van der Waals surface area contributed by atoms with Crippen molar-refractivity contribution in [3.8, 4) is 5.69 Å². The van der Waals surface area contributed by atoms with Crippen LogP contribution in [-0.4, -0.2) is 4.57 Å². The van der Waals surface area contributed by atoms with Gasteiger partial charge in [-0.25, -0.2) is 12.1 Å². The third kappa shape index (κ3) is 4.85. The molecule has 140 valence electrons. The predicted molar refractivity (Wildman–Crippen MR) is 108 cm³/mol. The molecule has 5 rings (SSSR count). The van der Waals surface area contributed by atoms with Crippen molar-refractivity contribution in [1.29, 1.82) is 0 Å². The first-order chi connectivity index (χ1) is 12.3. The first kappa shape index (κ1) is 24.8. The number of para-hydroxylation sites is 1. The molecule has 4 heteroatoms. The Balaban J connectivity index is 0.000000433. The predicted octanol–water partition coefficient (Wildman–Crippen LogP) is 0.530. The van der Waals surface area contributed by atoms with Crippen molar-refractivity contribution in [2.24, 2.45) is 0 Å². The van der Waals surface area contributed by atoms with Gasteiger partial charge in [-0.3, -0.25) is 0 Å². The largest absolute Gasteiger partial charge is 4.00 e. The molecule has 0 spiro atoms. The molecule has 0 atom stereocenters. The van der Waals surface area contributed by atoms with E-state index >= 15 is 0 Å². The van der Waals surface area contributed by atoms with E-state index in [1.165, 1.54) is 38.6 Å². The Bertz CT molecular complexity index is 1070. The van der Waals surface area contributed by atoms with E-state index in [-0.39, 0.29) is 60.2 Å². The topological polar surface area (TPSA) is 4.93 Å². The van der Waals surface area contributed by atoms with Crippen molar-refractivity contribution in [2.45, 2.75) is 13.8 Å². The monoisotopic (exact) mass is 571 g/mol. The maximum atomic E-state index is 2.37. The van der Waals surface area contributed by atoms with Gasteiger partial charge in [-0.2, -0.15) is 18.2 Å². The van der Waals surface area contributed by atoms with Gasteiger partial charge in [0, 0.05) is 11.1 Å². The zero-order chi connectivity index (χ0) is 17.2. The van der Waals surface area contributed by atoms with Gasteiger partial charge in [-0.05, 0) is 31.2 Å². The summed E-state index contributed by atoms with van der Waals surface area (Å²) in [4.78, 5) is 0. The fourth-order valence-electron chi connectivity index (χ4n) is 3.45. The van der Waals surface area contributed by atoms with Crippen LogP contribution in [0.5, 0.6) is 0 Å². The SMILES string of the molecule is Cc1c(C)n(-c2cc3ccccc3[cH-]2)c2ccccc12.[Br-].[Br-].[Zr+4].c1cc[cH-]c1. The molecule has 1 nitrogen and oxygen atoms in total. The van der Waals surface area contributed by atoms with E-state index in [2.05, 4.69) is 79.1 Å². The number of aromatic nitrogens is 1. The third-order valence-electron chi connectivity index (χ3n) is 4.84. The zero-order valence-electron chi connectivity index (χ0n) is 15.9. The van der Waals surface area contributed by atoms with E-state index in [0.717, 1.165) is 0 Å². The molecule has 0 saturated heterocycles. The molecule has 1 heterocycles. The summed E-state index contributed by atoms with van der Waals surface area (Å²) in [6.07, 6.45) is 0. The van der Waals surface area contributed by atoms with Crippen molar-refractivity contribution < 1.29 is 60.2 Å². The molecule has 28 heavy (non-hydrogen) atoms. The molecule has 0 aliphatic heterocycles. The summed E-state index contributed by atoms with van der Waals surface area (Å²) < 4.78 is 2.37. The van der Waals surface area contributed by atoms with E-state index in [9.17, 15) is 0 Å². The number of fused-ring (bicyclic) bond motifs is 2. The Hall–Kier alpha value is -1.22. The van der Waals surface area contributed by atoms with E-state index in [0.29, 0.717) is 0 Å². The van der Waals surface area contributed by atoms with Crippen LogP contribution >= 0.6 is 0 Å². The average Bonchev–Trinajstić information content (AvgIpc) is 3.37. The van der Waals surface area contributed by atoms with Gasteiger partial charge in [0.05, 0.1) is 5.52 Å². The summed E-state index contributed by atoms with van der Waals surface area (Å²) >= 11 is 0. The van der Waals surface area contributed by atoms with E-state index in [4.69, 9.17) is 0 Å². The molecule has 0 fully saturated rings. The molecule has 0 saturated carbocycles. The Morgan fingerprint density at radius 2 is 1.43 bits per heavy atom. The van der Waals surface area contributed by atoms with Gasteiger partial charge in [0.25, 0.3) is 0 Å². The zero-order valence-corrected chi connectivity index (χ0v) is 21.5. The van der Waals surface area contributed by atoms with Crippen LogP contribution < -0.4 is 34.0 Å². The molecular formula is C24H21Br2NZr. The van der Waals surface area contributed by atoms with Gasteiger partial charge in [0.1, 0.15) is 0 Å². The molecule has 0 unspecified atom stereocenters. The van der Waals surface area contributed by atoms with Crippen molar-refractivity contribution in [1.82, 2.24) is 4.57 Å². The standard InChI is InChI=1S/C19H16N.C5H5.2BrH.Zr/c1-13-14(2)20(19-10-6-5-9-18(13)19)17-11-15-7-3-4-8-16(15)12-17;1-2-4-5-3-1;;;/h3-12H,1-2H3;1-5H;2*1H;/q2*-1;;;+4/p-2. The first-order valence-electron chi connectivity index (χ1n) is 8.65. The number of hydrogen-bond donors (Lipinski definition) is 0. The van der Waals surface area contributed by atoms with Crippen LogP contribution in [0.15, 0.2) is 91.0 Å². The minimum Gasteiger partial charge on any atom is -1.00 e. The summed E-state index contributed by atoms with van der Waals surface area (Å²) in [6, 6.07) is 31.7. The quantitative estimate of drug-likeness (QED) is 0.258. The van der Waals surface area contributed by atoms with Crippen molar-refractivity contribution in [3.63, 3.8) is 0 Å². The maximum absolute atomic E-state index is 2.37. The average molecular weight is 574 g/mol. The Morgan fingerprint density at radius 1 is 0.786 bits per heavy atom. The fourth-order valence-corrected chi connectivity index (χ4v) is 3.45. The summed E-state index contributed by atoms with van der Waals surface area (Å²) in [7, 11) is 0. The van der Waals surface area contributed by atoms with Crippen molar-refractivity contribution in [3.05, 3.63) is 102 Å². The summed E-state index contributed by atoms with van der Waals surface area (Å²) in [6.45, 7) is 4.41. The van der Waals surface area contributed by atoms with Gasteiger partial charge >= 0.3 is 26.2 Å².